The number of nitriles is 1. The molecule has 0 aromatic carbocycles. The number of pyridine rings is 1. The van der Waals surface area contributed by atoms with Crippen molar-refractivity contribution in [1.82, 2.24) is 4.98 Å². The van der Waals surface area contributed by atoms with Gasteiger partial charge in [0.25, 0.3) is 0 Å². The van der Waals surface area contributed by atoms with Crippen molar-refractivity contribution in [2.45, 2.75) is 34.7 Å². The number of ether oxygens (including phenoxy) is 1. The van der Waals surface area contributed by atoms with E-state index in [-0.39, 0.29) is 5.69 Å². The third-order valence-corrected chi connectivity index (χ3v) is 4.82. The normalized spacial score (nSPS) is 30.3. The van der Waals surface area contributed by atoms with Gasteiger partial charge in [-0.15, -0.1) is 0 Å². The lowest BCUT2D eigenvalue weighted by atomic mass is 9.98. The minimum Gasteiger partial charge on any atom is -0.394 e. The summed E-state index contributed by atoms with van der Waals surface area (Å²) in [6, 6.07) is 2.39. The first kappa shape index (κ1) is 18.0. The Morgan fingerprint density at radius 1 is 1.52 bits per heavy atom. The molecule has 2 heterocycles. The molecule has 0 spiro atoms. The van der Waals surface area contributed by atoms with Gasteiger partial charge in [-0.05, 0) is 27.5 Å². The van der Waals surface area contributed by atoms with Crippen LogP contribution in [-0.2, 0) is 4.74 Å². The lowest BCUT2D eigenvalue weighted by molar-refractivity contribution is -0.159. The maximum absolute atomic E-state index is 10.3. The predicted molar refractivity (Wildman–Crippen MR) is 83.2 cm³/mol. The van der Waals surface area contributed by atoms with Crippen LogP contribution >= 0.6 is 27.7 Å². The van der Waals surface area contributed by atoms with Gasteiger partial charge in [-0.3, -0.25) is 0 Å². The van der Waals surface area contributed by atoms with Gasteiger partial charge in [-0.25, -0.2) is 4.98 Å². The van der Waals surface area contributed by atoms with Crippen LogP contribution in [0.5, 0.6) is 0 Å². The number of azide groups is 1. The molecule has 23 heavy (non-hydrogen) atoms. The Morgan fingerprint density at radius 2 is 2.26 bits per heavy atom. The van der Waals surface area contributed by atoms with Crippen molar-refractivity contribution in [3.63, 3.8) is 0 Å². The van der Waals surface area contributed by atoms with E-state index in [0.29, 0.717) is 9.37 Å². The molecule has 9 nitrogen and oxygen atoms in total. The van der Waals surface area contributed by atoms with E-state index in [1.54, 1.807) is 6.07 Å². The zero-order valence-corrected chi connectivity index (χ0v) is 13.9. The van der Waals surface area contributed by atoms with Gasteiger partial charge in [0.15, 0.2) is 5.69 Å². The second-order valence-corrected chi connectivity index (χ2v) is 6.69. The monoisotopic (exact) mass is 401 g/mol. The first-order valence-corrected chi connectivity index (χ1v) is 8.08. The molecular formula is C12H12BrN5O4S. The molecule has 0 bridgehead atoms. The van der Waals surface area contributed by atoms with Crippen molar-refractivity contribution >= 4 is 27.7 Å². The molecule has 0 aliphatic carbocycles. The van der Waals surface area contributed by atoms with Crippen molar-refractivity contribution in [1.29, 1.82) is 5.26 Å². The first-order chi connectivity index (χ1) is 11.0. The number of aliphatic hydroxyl groups excluding tert-OH is 3. The number of thioether (sulfide) groups is 1. The fraction of sp³-hybridized carbons (Fsp3) is 0.500. The molecule has 1 fully saturated rings. The number of hydrogen-bond donors (Lipinski definition) is 3. The van der Waals surface area contributed by atoms with Crippen LogP contribution in [0, 0.1) is 11.3 Å². The average Bonchev–Trinajstić information content (AvgIpc) is 2.54. The largest absolute Gasteiger partial charge is 0.394 e. The Bertz CT molecular complexity index is 665. The number of aliphatic hydroxyl groups is 3. The smallest absolute Gasteiger partial charge is 0.154 e. The Balaban J connectivity index is 2.30. The second-order valence-electron chi connectivity index (χ2n) is 4.63. The highest BCUT2D eigenvalue weighted by Gasteiger charge is 2.44. The number of hydrogen-bond acceptors (Lipinski definition) is 8. The molecule has 0 amide bonds. The van der Waals surface area contributed by atoms with Gasteiger partial charge in [0.2, 0.25) is 0 Å². The van der Waals surface area contributed by atoms with Crippen LogP contribution in [0.3, 0.4) is 0 Å². The van der Waals surface area contributed by atoms with Crippen LogP contribution in [0.2, 0.25) is 0 Å². The fourth-order valence-corrected chi connectivity index (χ4v) is 3.72. The van der Waals surface area contributed by atoms with Crippen LogP contribution in [0.4, 0.5) is 0 Å². The molecule has 0 unspecified atom stereocenters. The molecule has 11 heteroatoms. The second kappa shape index (κ2) is 7.94. The molecule has 2 rings (SSSR count). The lowest BCUT2D eigenvalue weighted by Crippen LogP contribution is -2.56. The summed E-state index contributed by atoms with van der Waals surface area (Å²) in [5, 5.41) is 42.0. The van der Waals surface area contributed by atoms with E-state index in [1.165, 1.54) is 6.20 Å². The number of rotatable bonds is 4. The van der Waals surface area contributed by atoms with Crippen molar-refractivity contribution in [3.8, 4) is 6.07 Å². The molecule has 5 atom stereocenters. The maximum Gasteiger partial charge on any atom is 0.154 e. The topological polar surface area (TPSA) is 155 Å². The minimum atomic E-state index is -1.33. The van der Waals surface area contributed by atoms with E-state index in [2.05, 4.69) is 30.9 Å². The zero-order valence-electron chi connectivity index (χ0n) is 11.5. The summed E-state index contributed by atoms with van der Waals surface area (Å²) in [7, 11) is 0. The van der Waals surface area contributed by atoms with Crippen LogP contribution < -0.4 is 0 Å². The molecule has 0 saturated carbocycles. The molecule has 0 radical (unpaired) electrons. The highest BCUT2D eigenvalue weighted by Crippen LogP contribution is 2.36. The molecule has 122 valence electrons. The molecule has 1 aromatic rings. The molecule has 1 aliphatic rings. The molecule has 1 saturated heterocycles. The predicted octanol–water partition coefficient (Wildman–Crippen LogP) is 0.926. The third kappa shape index (κ3) is 3.94. The molecular weight excluding hydrogens is 390 g/mol. The fourth-order valence-electron chi connectivity index (χ4n) is 2.08. The van der Waals surface area contributed by atoms with E-state index < -0.39 is 36.4 Å². The van der Waals surface area contributed by atoms with Crippen molar-refractivity contribution in [2.24, 2.45) is 5.11 Å². The minimum absolute atomic E-state index is 0.140. The Kier molecular flexibility index (Phi) is 6.20. The summed E-state index contributed by atoms with van der Waals surface area (Å²) >= 11 is 4.24. The molecule has 1 aliphatic heterocycles. The van der Waals surface area contributed by atoms with Crippen LogP contribution in [0.15, 0.2) is 26.7 Å². The number of halogens is 1. The van der Waals surface area contributed by atoms with Gasteiger partial charge in [0.05, 0.1) is 18.8 Å². The Morgan fingerprint density at radius 3 is 2.87 bits per heavy atom. The summed E-state index contributed by atoms with van der Waals surface area (Å²) in [5.74, 6) is 0. The third-order valence-electron chi connectivity index (χ3n) is 3.20. The van der Waals surface area contributed by atoms with E-state index in [1.807, 2.05) is 6.07 Å². The lowest BCUT2D eigenvalue weighted by Gasteiger charge is -2.40. The van der Waals surface area contributed by atoms with Crippen molar-refractivity contribution in [2.75, 3.05) is 6.61 Å². The summed E-state index contributed by atoms with van der Waals surface area (Å²) in [5.41, 5.74) is 7.76. The van der Waals surface area contributed by atoms with Crippen molar-refractivity contribution in [3.05, 3.63) is 32.9 Å². The first-order valence-electron chi connectivity index (χ1n) is 6.40. The van der Waals surface area contributed by atoms with E-state index in [4.69, 9.17) is 15.5 Å². The van der Waals surface area contributed by atoms with E-state index >= 15 is 0 Å². The van der Waals surface area contributed by atoms with Crippen molar-refractivity contribution < 1.29 is 20.1 Å². The summed E-state index contributed by atoms with van der Waals surface area (Å²) < 4.78 is 6.09. The Labute approximate surface area is 143 Å². The van der Waals surface area contributed by atoms with Gasteiger partial charge in [0, 0.05) is 20.5 Å². The van der Waals surface area contributed by atoms with Crippen LogP contribution in [-0.4, -0.2) is 56.7 Å². The highest BCUT2D eigenvalue weighted by molar-refractivity contribution is 9.10. The summed E-state index contributed by atoms with van der Waals surface area (Å²) in [6.07, 6.45) is -2.21. The van der Waals surface area contributed by atoms with Gasteiger partial charge >= 0.3 is 0 Å². The number of nitrogens with zero attached hydrogens (tertiary/aromatic N) is 5. The van der Waals surface area contributed by atoms with Gasteiger partial charge < -0.3 is 20.1 Å². The number of aromatic nitrogens is 1. The van der Waals surface area contributed by atoms with Crippen LogP contribution in [0.1, 0.15) is 5.69 Å². The van der Waals surface area contributed by atoms with Gasteiger partial charge in [0.1, 0.15) is 23.7 Å². The van der Waals surface area contributed by atoms with Gasteiger partial charge in [-0.2, -0.15) is 5.26 Å². The standard InChI is InChI=1S/C12H12BrN5O4S/c13-5-1-8(6(2-14)16-3-5)23-12-11(21)9(17-18-15)10(20)7(4-19)22-12/h1,3,7,9-12,19-21H,4H2/t7-,9+,10+,11-,12-/m1/s1. The Hall–Kier alpha value is -1.38. The maximum atomic E-state index is 10.3. The van der Waals surface area contributed by atoms with E-state index in [0.717, 1.165) is 11.8 Å². The zero-order chi connectivity index (χ0) is 17.0. The highest BCUT2D eigenvalue weighted by atomic mass is 79.9. The van der Waals surface area contributed by atoms with E-state index in [9.17, 15) is 15.3 Å². The summed E-state index contributed by atoms with van der Waals surface area (Å²) in [4.78, 5) is 7.00. The molecule has 3 N–H and O–H groups in total. The quantitative estimate of drug-likeness (QED) is 0.384. The van der Waals surface area contributed by atoms with Gasteiger partial charge in [-0.1, -0.05) is 16.9 Å². The SMILES string of the molecule is N#Cc1ncc(Br)cc1S[C@H]1O[C@H](CO)[C@H](O)[C@H](N=[N+]=[N-])[C@H]1O. The molecule has 1 aromatic heterocycles. The average molecular weight is 402 g/mol. The summed E-state index contributed by atoms with van der Waals surface area (Å²) in [6.45, 7) is -0.510. The van der Waals surface area contributed by atoms with Crippen LogP contribution in [0.25, 0.3) is 10.4 Å².